The van der Waals surface area contributed by atoms with Crippen LogP contribution in [0.1, 0.15) is 27.1 Å². The molecule has 7 heteroatoms. The van der Waals surface area contributed by atoms with E-state index in [2.05, 4.69) is 15.9 Å². The second-order valence-electron chi connectivity index (χ2n) is 4.61. The van der Waals surface area contributed by atoms with Crippen molar-refractivity contribution in [3.8, 4) is 0 Å². The Kier molecular flexibility index (Phi) is 4.08. The predicted octanol–water partition coefficient (Wildman–Crippen LogP) is 1.83. The molecule has 0 saturated carbocycles. The van der Waals surface area contributed by atoms with Gasteiger partial charge in [-0.15, -0.1) is 0 Å². The van der Waals surface area contributed by atoms with Gasteiger partial charge in [0.1, 0.15) is 0 Å². The lowest BCUT2D eigenvalue weighted by Gasteiger charge is -2.17. The molecule has 0 aliphatic carbocycles. The van der Waals surface area contributed by atoms with Gasteiger partial charge in [0.05, 0.1) is 11.1 Å². The topological polar surface area (TPSA) is 94.9 Å². The van der Waals surface area contributed by atoms with Gasteiger partial charge in [-0.05, 0) is 24.1 Å². The number of hydrogen-bond acceptors (Lipinski definition) is 3. The van der Waals surface area contributed by atoms with E-state index in [1.807, 2.05) is 0 Å². The van der Waals surface area contributed by atoms with Crippen LogP contribution in [0.2, 0.25) is 0 Å². The summed E-state index contributed by atoms with van der Waals surface area (Å²) in [5.74, 6) is -2.44. The van der Waals surface area contributed by atoms with Crippen LogP contribution >= 0.6 is 15.9 Å². The van der Waals surface area contributed by atoms with Crippen LogP contribution in [0.4, 0.5) is 5.69 Å². The van der Waals surface area contributed by atoms with Gasteiger partial charge in [-0.3, -0.25) is 4.79 Å². The number of benzene rings is 1. The minimum Gasteiger partial charge on any atom is -0.478 e. The van der Waals surface area contributed by atoms with Gasteiger partial charge in [0, 0.05) is 24.0 Å². The zero-order valence-corrected chi connectivity index (χ0v) is 12.0. The monoisotopic (exact) mass is 341 g/mol. The molecule has 0 radical (unpaired) electrons. The first kappa shape index (κ1) is 14.5. The second kappa shape index (κ2) is 5.62. The first-order valence-electron chi connectivity index (χ1n) is 5.90. The third-order valence-corrected chi connectivity index (χ3v) is 4.06. The van der Waals surface area contributed by atoms with Crippen molar-refractivity contribution in [3.05, 3.63) is 29.3 Å². The molecule has 1 heterocycles. The molecule has 106 valence electrons. The quantitative estimate of drug-likeness (QED) is 0.814. The van der Waals surface area contributed by atoms with Gasteiger partial charge < -0.3 is 15.1 Å². The fourth-order valence-electron chi connectivity index (χ4n) is 2.15. The van der Waals surface area contributed by atoms with Crippen molar-refractivity contribution in [1.29, 1.82) is 0 Å². The lowest BCUT2D eigenvalue weighted by molar-refractivity contribution is -0.117. The van der Waals surface area contributed by atoms with Crippen LogP contribution in [-0.2, 0) is 4.79 Å². The van der Waals surface area contributed by atoms with E-state index in [4.69, 9.17) is 10.2 Å². The van der Waals surface area contributed by atoms with Gasteiger partial charge in [0.15, 0.2) is 0 Å². The summed E-state index contributed by atoms with van der Waals surface area (Å²) in [6.45, 7) is 0.451. The first-order chi connectivity index (χ1) is 9.42. The molecule has 1 aliphatic rings. The highest BCUT2D eigenvalue weighted by molar-refractivity contribution is 9.09. The SMILES string of the molecule is O=C(O)c1cc(C(=O)O)cc(N2CC(CBr)CC2=O)c1. The molecule has 1 saturated heterocycles. The highest BCUT2D eigenvalue weighted by Gasteiger charge is 2.30. The first-order valence-corrected chi connectivity index (χ1v) is 7.02. The number of halogens is 1. The molecule has 1 fully saturated rings. The Bertz CT molecular complexity index is 554. The number of amides is 1. The Morgan fingerprint density at radius 1 is 1.20 bits per heavy atom. The minimum absolute atomic E-state index is 0.131. The van der Waals surface area contributed by atoms with Crippen molar-refractivity contribution in [2.45, 2.75) is 6.42 Å². The van der Waals surface area contributed by atoms with Crippen LogP contribution < -0.4 is 4.90 Å². The van der Waals surface area contributed by atoms with Crippen LogP contribution in [0.15, 0.2) is 18.2 Å². The van der Waals surface area contributed by atoms with Gasteiger partial charge in [-0.1, -0.05) is 15.9 Å². The summed E-state index contributed by atoms with van der Waals surface area (Å²) >= 11 is 3.31. The smallest absolute Gasteiger partial charge is 0.335 e. The van der Waals surface area contributed by atoms with Crippen molar-refractivity contribution in [3.63, 3.8) is 0 Å². The summed E-state index contributed by atoms with van der Waals surface area (Å²) in [7, 11) is 0. The van der Waals surface area contributed by atoms with E-state index in [0.717, 1.165) is 6.07 Å². The molecular formula is C13H12BrNO5. The number of nitrogens with zero attached hydrogens (tertiary/aromatic N) is 1. The van der Waals surface area contributed by atoms with Crippen molar-refractivity contribution >= 4 is 39.5 Å². The molecule has 1 atom stereocenters. The molecule has 6 nitrogen and oxygen atoms in total. The van der Waals surface area contributed by atoms with E-state index < -0.39 is 11.9 Å². The van der Waals surface area contributed by atoms with Crippen LogP contribution in [-0.4, -0.2) is 39.9 Å². The molecule has 1 aromatic carbocycles. The number of carboxylic acids is 2. The van der Waals surface area contributed by atoms with Gasteiger partial charge >= 0.3 is 11.9 Å². The molecular weight excluding hydrogens is 330 g/mol. The van der Waals surface area contributed by atoms with Gasteiger partial charge in [0.25, 0.3) is 0 Å². The highest BCUT2D eigenvalue weighted by Crippen LogP contribution is 2.28. The second-order valence-corrected chi connectivity index (χ2v) is 5.26. The highest BCUT2D eigenvalue weighted by atomic mass is 79.9. The Labute approximate surface area is 123 Å². The van der Waals surface area contributed by atoms with Crippen LogP contribution in [0.3, 0.4) is 0 Å². The number of carbonyl (C=O) groups excluding carboxylic acids is 1. The Morgan fingerprint density at radius 2 is 1.75 bits per heavy atom. The Morgan fingerprint density at radius 3 is 2.15 bits per heavy atom. The summed E-state index contributed by atoms with van der Waals surface area (Å²) < 4.78 is 0. The third-order valence-electron chi connectivity index (χ3n) is 3.15. The summed E-state index contributed by atoms with van der Waals surface area (Å²) in [4.78, 5) is 35.4. The molecule has 1 aromatic rings. The number of alkyl halides is 1. The number of aromatic carboxylic acids is 2. The molecule has 0 aromatic heterocycles. The average molecular weight is 342 g/mol. The maximum Gasteiger partial charge on any atom is 0.335 e. The molecule has 2 N–H and O–H groups in total. The molecule has 0 spiro atoms. The molecule has 20 heavy (non-hydrogen) atoms. The van der Waals surface area contributed by atoms with Crippen LogP contribution in [0, 0.1) is 5.92 Å². The maximum absolute atomic E-state index is 11.9. The van der Waals surface area contributed by atoms with Gasteiger partial charge in [-0.2, -0.15) is 0 Å². The van der Waals surface area contributed by atoms with Gasteiger partial charge in [0.2, 0.25) is 5.91 Å². The number of hydrogen-bond donors (Lipinski definition) is 2. The fourth-order valence-corrected chi connectivity index (χ4v) is 2.58. The number of carbonyl (C=O) groups is 3. The summed E-state index contributed by atoms with van der Waals surface area (Å²) in [6, 6.07) is 3.73. The average Bonchev–Trinajstić information content (AvgIpc) is 2.79. The van der Waals surface area contributed by atoms with E-state index >= 15 is 0 Å². The summed E-state index contributed by atoms with van der Waals surface area (Å²) in [5.41, 5.74) is 0.0285. The fraction of sp³-hybridized carbons (Fsp3) is 0.308. The summed E-state index contributed by atoms with van der Waals surface area (Å²) in [6.07, 6.45) is 0.366. The zero-order chi connectivity index (χ0) is 14.9. The van der Waals surface area contributed by atoms with Crippen molar-refractivity contribution in [1.82, 2.24) is 0 Å². The van der Waals surface area contributed by atoms with E-state index in [0.29, 0.717) is 24.0 Å². The Balaban J connectivity index is 2.43. The molecule has 1 aliphatic heterocycles. The third kappa shape index (κ3) is 2.82. The minimum atomic E-state index is -1.22. The Hall–Kier alpha value is -1.89. The number of rotatable bonds is 4. The van der Waals surface area contributed by atoms with E-state index in [-0.39, 0.29) is 23.0 Å². The van der Waals surface area contributed by atoms with E-state index in [1.165, 1.54) is 17.0 Å². The largest absolute Gasteiger partial charge is 0.478 e. The molecule has 2 rings (SSSR count). The lowest BCUT2D eigenvalue weighted by atomic mass is 10.1. The van der Waals surface area contributed by atoms with E-state index in [9.17, 15) is 14.4 Å². The lowest BCUT2D eigenvalue weighted by Crippen LogP contribution is -2.25. The standard InChI is InChI=1S/C13H12BrNO5/c14-5-7-1-11(16)15(6-7)10-3-8(12(17)18)2-9(4-10)13(19)20/h2-4,7H,1,5-6H2,(H,17,18)(H,19,20). The van der Waals surface area contributed by atoms with Gasteiger partial charge in [-0.25, -0.2) is 9.59 Å². The number of anilines is 1. The maximum atomic E-state index is 11.9. The number of carboxylic acid groups (broad SMARTS) is 2. The van der Waals surface area contributed by atoms with Crippen LogP contribution in [0.25, 0.3) is 0 Å². The van der Waals surface area contributed by atoms with Crippen molar-refractivity contribution < 1.29 is 24.6 Å². The zero-order valence-electron chi connectivity index (χ0n) is 10.4. The van der Waals surface area contributed by atoms with Crippen molar-refractivity contribution in [2.75, 3.05) is 16.8 Å². The van der Waals surface area contributed by atoms with Crippen molar-refractivity contribution in [2.24, 2.45) is 5.92 Å². The normalized spacial score (nSPS) is 18.4. The van der Waals surface area contributed by atoms with Crippen LogP contribution in [0.5, 0.6) is 0 Å². The molecule has 1 amide bonds. The molecule has 0 bridgehead atoms. The predicted molar refractivity (Wildman–Crippen MR) is 74.6 cm³/mol. The van der Waals surface area contributed by atoms with E-state index in [1.54, 1.807) is 0 Å². The molecule has 1 unspecified atom stereocenters. The summed E-state index contributed by atoms with van der Waals surface area (Å²) in [5, 5.41) is 18.7.